The van der Waals surface area contributed by atoms with E-state index in [-0.39, 0.29) is 17.5 Å². The second-order valence-corrected chi connectivity index (χ2v) is 9.53. The van der Waals surface area contributed by atoms with Gasteiger partial charge in [0, 0.05) is 25.0 Å². The van der Waals surface area contributed by atoms with E-state index in [1.165, 1.54) is 24.3 Å². The Morgan fingerprint density at radius 2 is 2.15 bits per heavy atom. The lowest BCUT2D eigenvalue weighted by Crippen LogP contribution is -2.64. The van der Waals surface area contributed by atoms with Gasteiger partial charge in [-0.15, -0.1) is 0 Å². The Kier molecular flexibility index (Phi) is 8.02. The van der Waals surface area contributed by atoms with Crippen molar-refractivity contribution in [1.82, 2.24) is 25.1 Å². The lowest BCUT2D eigenvalue weighted by atomic mass is 10.0. The van der Waals surface area contributed by atoms with Crippen molar-refractivity contribution in [2.24, 2.45) is 0 Å². The maximum atomic E-state index is 12.7. The summed E-state index contributed by atoms with van der Waals surface area (Å²) in [5.74, 6) is -0.823. The summed E-state index contributed by atoms with van der Waals surface area (Å²) in [6, 6.07) is 7.37. The molecule has 3 rings (SSSR count). The highest BCUT2D eigenvalue weighted by Crippen LogP contribution is 2.21. The molecule has 0 aliphatic carbocycles. The minimum absolute atomic E-state index is 0.0130. The highest BCUT2D eigenvalue weighted by atomic mass is 32.2. The van der Waals surface area contributed by atoms with Crippen molar-refractivity contribution < 1.29 is 28.0 Å². The molecule has 12 nitrogen and oxygen atoms in total. The van der Waals surface area contributed by atoms with Crippen LogP contribution in [0.2, 0.25) is 0 Å². The van der Waals surface area contributed by atoms with Crippen LogP contribution >= 0.6 is 0 Å². The van der Waals surface area contributed by atoms with E-state index in [0.717, 1.165) is 24.7 Å². The molecule has 180 valence electrons. The van der Waals surface area contributed by atoms with E-state index >= 15 is 0 Å². The number of imidazole rings is 1. The van der Waals surface area contributed by atoms with E-state index in [1.807, 2.05) is 0 Å². The quantitative estimate of drug-likeness (QED) is 0.156. The predicted octanol–water partition coefficient (Wildman–Crippen LogP) is 0.502. The van der Waals surface area contributed by atoms with E-state index in [2.05, 4.69) is 25.5 Å². The van der Waals surface area contributed by atoms with Crippen LogP contribution in [-0.2, 0) is 24.4 Å². The standard InChI is InChI=1S/C20H28N6O6S/c1-20(18(28)29,25-33(30,31)17-7-3-2-4-8-17)26(14-27)13-16-12-15(24-32-16)6-5-9-21-19-22-10-11-23-19/h2-4,7-8,10-11,14-16,24-25H,5-6,9,12-13H2,1H3,(H,28,29)(H2,21,22,23). The van der Waals surface area contributed by atoms with Gasteiger partial charge in [-0.2, -0.15) is 10.2 Å². The van der Waals surface area contributed by atoms with Gasteiger partial charge in [0.05, 0.1) is 17.5 Å². The molecular formula is C20H28N6O6S. The van der Waals surface area contributed by atoms with Gasteiger partial charge in [-0.1, -0.05) is 18.2 Å². The number of anilines is 1. The number of nitrogens with one attached hydrogen (secondary N) is 4. The van der Waals surface area contributed by atoms with Gasteiger partial charge < -0.3 is 20.3 Å². The molecule has 1 aliphatic heterocycles. The van der Waals surface area contributed by atoms with Gasteiger partial charge in [0.2, 0.25) is 22.1 Å². The molecule has 1 fully saturated rings. The zero-order valence-electron chi connectivity index (χ0n) is 18.1. The van der Waals surface area contributed by atoms with Gasteiger partial charge in [-0.25, -0.2) is 18.2 Å². The summed E-state index contributed by atoms with van der Waals surface area (Å²) in [5, 5.41) is 12.9. The lowest BCUT2D eigenvalue weighted by molar-refractivity contribution is -0.156. The molecule has 2 aromatic rings. The number of carbonyl (C=O) groups excluding carboxylic acids is 1. The Hall–Kier alpha value is -3.00. The Balaban J connectivity index is 1.57. The molecule has 0 bridgehead atoms. The number of nitrogens with zero attached hydrogens (tertiary/aromatic N) is 2. The van der Waals surface area contributed by atoms with Crippen LogP contribution in [0.1, 0.15) is 26.2 Å². The number of hydrogen-bond acceptors (Lipinski definition) is 8. The monoisotopic (exact) mass is 480 g/mol. The molecule has 1 amide bonds. The Bertz CT molecular complexity index is 1020. The minimum Gasteiger partial charge on any atom is -0.478 e. The molecule has 1 saturated heterocycles. The fraction of sp³-hybridized carbons (Fsp3) is 0.450. The topological polar surface area (TPSA) is 166 Å². The molecular weight excluding hydrogens is 452 g/mol. The summed E-state index contributed by atoms with van der Waals surface area (Å²) in [5.41, 5.74) is 0.701. The van der Waals surface area contributed by atoms with Gasteiger partial charge in [-0.3, -0.25) is 9.63 Å². The Morgan fingerprint density at radius 1 is 1.39 bits per heavy atom. The molecule has 1 aliphatic rings. The van der Waals surface area contributed by atoms with Gasteiger partial charge in [0.1, 0.15) is 0 Å². The minimum atomic E-state index is -4.20. The van der Waals surface area contributed by atoms with Gasteiger partial charge in [-0.05, 0) is 38.3 Å². The zero-order chi connectivity index (χ0) is 23.9. The molecule has 13 heteroatoms. The number of hydrogen-bond donors (Lipinski definition) is 5. The van der Waals surface area contributed by atoms with Crippen molar-refractivity contribution in [2.45, 2.75) is 48.9 Å². The number of carboxylic acids is 1. The summed E-state index contributed by atoms with van der Waals surface area (Å²) >= 11 is 0. The van der Waals surface area contributed by atoms with Crippen LogP contribution in [0.25, 0.3) is 0 Å². The number of aromatic amines is 1. The third-order valence-corrected chi connectivity index (χ3v) is 6.93. The van der Waals surface area contributed by atoms with Crippen molar-refractivity contribution in [1.29, 1.82) is 0 Å². The first-order valence-electron chi connectivity index (χ1n) is 10.4. The van der Waals surface area contributed by atoms with Crippen LogP contribution in [0.4, 0.5) is 5.95 Å². The van der Waals surface area contributed by atoms with Gasteiger partial charge in [0.25, 0.3) is 0 Å². The van der Waals surface area contributed by atoms with Crippen LogP contribution in [0.5, 0.6) is 0 Å². The predicted molar refractivity (Wildman–Crippen MR) is 118 cm³/mol. The number of aromatic nitrogens is 2. The van der Waals surface area contributed by atoms with E-state index in [4.69, 9.17) is 4.84 Å². The number of H-pyrrole nitrogens is 1. The third-order valence-electron chi connectivity index (χ3n) is 5.37. The maximum absolute atomic E-state index is 12.7. The number of benzene rings is 1. The molecule has 3 atom stereocenters. The Morgan fingerprint density at radius 3 is 2.79 bits per heavy atom. The molecule has 1 aromatic heterocycles. The summed E-state index contributed by atoms with van der Waals surface area (Å²) in [6.45, 7) is 1.72. The number of aliphatic carboxylic acids is 1. The SMILES string of the molecule is CC(NS(=O)(=O)c1ccccc1)(C(=O)O)N(C=O)CC1CC(CCCNc2ncc[nH]2)NO1. The van der Waals surface area contributed by atoms with Crippen LogP contribution in [0.3, 0.4) is 0 Å². The molecule has 33 heavy (non-hydrogen) atoms. The number of hydroxylamine groups is 1. The fourth-order valence-electron chi connectivity index (χ4n) is 3.51. The summed E-state index contributed by atoms with van der Waals surface area (Å²) in [6.07, 6.45) is 5.33. The highest BCUT2D eigenvalue weighted by molar-refractivity contribution is 7.89. The highest BCUT2D eigenvalue weighted by Gasteiger charge is 2.44. The second kappa shape index (κ2) is 10.7. The fourth-order valence-corrected chi connectivity index (χ4v) is 4.87. The van der Waals surface area contributed by atoms with Crippen molar-refractivity contribution in [3.63, 3.8) is 0 Å². The van der Waals surface area contributed by atoms with Crippen LogP contribution in [0, 0.1) is 0 Å². The summed E-state index contributed by atoms with van der Waals surface area (Å²) in [7, 11) is -4.20. The molecule has 0 spiro atoms. The number of carboxylic acid groups (broad SMARTS) is 1. The average Bonchev–Trinajstić information content (AvgIpc) is 3.47. The number of amides is 1. The first-order chi connectivity index (χ1) is 15.7. The van der Waals surface area contributed by atoms with Crippen molar-refractivity contribution >= 4 is 28.4 Å². The molecule has 1 aromatic carbocycles. The van der Waals surface area contributed by atoms with Gasteiger partial charge in [0.15, 0.2) is 5.95 Å². The zero-order valence-corrected chi connectivity index (χ0v) is 18.9. The summed E-state index contributed by atoms with van der Waals surface area (Å²) in [4.78, 5) is 37.2. The molecule has 5 N–H and O–H groups in total. The Labute approximate surface area is 191 Å². The lowest BCUT2D eigenvalue weighted by Gasteiger charge is -2.36. The number of rotatable bonds is 13. The third kappa shape index (κ3) is 6.28. The summed E-state index contributed by atoms with van der Waals surface area (Å²) < 4.78 is 27.6. The average molecular weight is 481 g/mol. The van der Waals surface area contributed by atoms with E-state index < -0.39 is 27.8 Å². The van der Waals surface area contributed by atoms with Gasteiger partial charge >= 0.3 is 5.97 Å². The van der Waals surface area contributed by atoms with Crippen molar-refractivity contribution in [3.8, 4) is 0 Å². The first-order valence-corrected chi connectivity index (χ1v) is 11.9. The number of sulfonamides is 1. The van der Waals surface area contributed by atoms with E-state index in [9.17, 15) is 23.1 Å². The smallest absolute Gasteiger partial charge is 0.345 e. The van der Waals surface area contributed by atoms with Crippen molar-refractivity contribution in [2.75, 3.05) is 18.4 Å². The molecule has 3 unspecified atom stereocenters. The van der Waals surface area contributed by atoms with E-state index in [0.29, 0.717) is 25.3 Å². The van der Waals surface area contributed by atoms with E-state index in [1.54, 1.807) is 18.5 Å². The molecule has 0 saturated carbocycles. The maximum Gasteiger partial charge on any atom is 0.345 e. The molecule has 0 radical (unpaired) electrons. The number of carbonyl (C=O) groups is 2. The second-order valence-electron chi connectivity index (χ2n) is 7.85. The van der Waals surface area contributed by atoms with Crippen LogP contribution in [0.15, 0.2) is 47.6 Å². The normalized spacial score (nSPS) is 20.2. The van der Waals surface area contributed by atoms with Crippen LogP contribution in [-0.4, -0.2) is 71.7 Å². The first kappa shape index (κ1) is 24.6. The van der Waals surface area contributed by atoms with Crippen LogP contribution < -0.4 is 15.5 Å². The van der Waals surface area contributed by atoms with Crippen molar-refractivity contribution in [3.05, 3.63) is 42.7 Å². The largest absolute Gasteiger partial charge is 0.478 e. The molecule has 2 heterocycles.